The second kappa shape index (κ2) is 11.9. The Kier molecular flexibility index (Phi) is 9.25. The van der Waals surface area contributed by atoms with Crippen molar-refractivity contribution in [2.75, 3.05) is 39.4 Å². The summed E-state index contributed by atoms with van der Waals surface area (Å²) in [7, 11) is 1.10. The second-order valence-corrected chi connectivity index (χ2v) is 8.06. The average Bonchev–Trinajstić information content (AvgIpc) is 2.82. The highest BCUT2D eigenvalue weighted by atomic mass is 32.2. The summed E-state index contributed by atoms with van der Waals surface area (Å²) >= 11 is 0. The lowest BCUT2D eigenvalue weighted by atomic mass is 10.1. The maximum atomic E-state index is 13.1. The van der Waals surface area contributed by atoms with Gasteiger partial charge in [-0.3, -0.25) is 9.59 Å². The molecule has 12 heteroatoms. The van der Waals surface area contributed by atoms with Crippen molar-refractivity contribution in [3.63, 3.8) is 0 Å². The summed E-state index contributed by atoms with van der Waals surface area (Å²) in [5.41, 5.74) is 0.429. The Hall–Kier alpha value is -3.80. The molecule has 0 aliphatic heterocycles. The molecule has 0 heterocycles. The smallest absolute Gasteiger partial charge is 0.351 e. The third-order valence-electron chi connectivity index (χ3n) is 4.48. The van der Waals surface area contributed by atoms with Crippen LogP contribution in [0, 0.1) is 0 Å². The number of benzene rings is 2. The van der Waals surface area contributed by atoms with Gasteiger partial charge in [-0.1, -0.05) is 12.1 Å². The van der Waals surface area contributed by atoms with Crippen molar-refractivity contribution >= 4 is 34.0 Å². The Morgan fingerprint density at radius 1 is 0.941 bits per heavy atom. The predicted octanol–water partition coefficient (Wildman–Crippen LogP) is 2.18. The topological polar surface area (TPSA) is 130 Å². The number of methoxy groups -OCH3 is 4. The van der Waals surface area contributed by atoms with Gasteiger partial charge in [0.1, 0.15) is 28.7 Å². The van der Waals surface area contributed by atoms with Crippen molar-refractivity contribution < 1.29 is 41.7 Å². The SMILES string of the molecule is COc1cc(OC)c(CC=NS(=O)(=O)N(C(=O)COC(C)=O)c2ccccc2OC)c(OC)c1. The van der Waals surface area contributed by atoms with E-state index in [1.165, 1.54) is 46.6 Å². The largest absolute Gasteiger partial charge is 0.496 e. The number of anilines is 1. The standard InChI is InChI=1S/C22H26N2O9S/c1-15(25)33-14-22(26)24(18-8-6-7-9-19(18)30-3)34(27,28)23-11-10-17-20(31-4)12-16(29-2)13-21(17)32-5/h6-9,11-13H,10,14H2,1-5H3. The van der Waals surface area contributed by atoms with E-state index in [1.807, 2.05) is 0 Å². The number of nitrogens with zero attached hydrogens (tertiary/aromatic N) is 2. The molecule has 2 rings (SSSR count). The van der Waals surface area contributed by atoms with Gasteiger partial charge in [-0.2, -0.15) is 17.1 Å². The van der Waals surface area contributed by atoms with E-state index in [0.717, 1.165) is 13.1 Å². The van der Waals surface area contributed by atoms with Gasteiger partial charge in [0.05, 0.1) is 28.4 Å². The third kappa shape index (κ3) is 6.38. The highest BCUT2D eigenvalue weighted by molar-refractivity contribution is 7.92. The molecule has 0 fully saturated rings. The van der Waals surface area contributed by atoms with Gasteiger partial charge >= 0.3 is 16.2 Å². The average molecular weight is 495 g/mol. The maximum Gasteiger partial charge on any atom is 0.351 e. The van der Waals surface area contributed by atoms with Crippen LogP contribution in [0.1, 0.15) is 12.5 Å². The molecule has 0 spiro atoms. The molecule has 0 aromatic heterocycles. The Balaban J connectivity index is 2.45. The van der Waals surface area contributed by atoms with E-state index in [9.17, 15) is 18.0 Å². The fourth-order valence-electron chi connectivity index (χ4n) is 2.96. The van der Waals surface area contributed by atoms with Gasteiger partial charge in [0, 0.05) is 37.3 Å². The van der Waals surface area contributed by atoms with Crippen LogP contribution in [0.5, 0.6) is 23.0 Å². The molecule has 2 aromatic carbocycles. The first kappa shape index (κ1) is 26.5. The molecule has 0 radical (unpaired) electrons. The van der Waals surface area contributed by atoms with Crippen molar-refractivity contribution in [2.45, 2.75) is 13.3 Å². The summed E-state index contributed by atoms with van der Waals surface area (Å²) in [4.78, 5) is 23.9. The van der Waals surface area contributed by atoms with E-state index in [1.54, 1.807) is 18.2 Å². The van der Waals surface area contributed by atoms with Crippen LogP contribution in [0.3, 0.4) is 0 Å². The number of carbonyl (C=O) groups is 2. The van der Waals surface area contributed by atoms with Crippen LogP contribution >= 0.6 is 0 Å². The highest BCUT2D eigenvalue weighted by Gasteiger charge is 2.31. The van der Waals surface area contributed by atoms with Crippen molar-refractivity contribution in [1.29, 1.82) is 0 Å². The predicted molar refractivity (Wildman–Crippen MR) is 124 cm³/mol. The Bertz CT molecular complexity index is 1140. The molecule has 0 atom stereocenters. The molecular weight excluding hydrogens is 468 g/mol. The lowest BCUT2D eigenvalue weighted by Crippen LogP contribution is -2.39. The molecule has 0 saturated carbocycles. The van der Waals surface area contributed by atoms with Crippen molar-refractivity contribution in [3.8, 4) is 23.0 Å². The number of hydrogen-bond donors (Lipinski definition) is 0. The number of esters is 1. The Labute approximate surface area is 198 Å². The Morgan fingerprint density at radius 3 is 2.06 bits per heavy atom. The molecule has 11 nitrogen and oxygen atoms in total. The van der Waals surface area contributed by atoms with Gasteiger partial charge in [-0.25, -0.2) is 0 Å². The fraction of sp³-hybridized carbons (Fsp3) is 0.318. The van der Waals surface area contributed by atoms with Crippen LogP contribution in [-0.2, 0) is 31.0 Å². The van der Waals surface area contributed by atoms with Crippen LogP contribution in [0.15, 0.2) is 40.8 Å². The molecule has 184 valence electrons. The van der Waals surface area contributed by atoms with Gasteiger partial charge in [-0.05, 0) is 12.1 Å². The summed E-state index contributed by atoms with van der Waals surface area (Å²) in [6, 6.07) is 9.21. The van der Waals surface area contributed by atoms with Crippen molar-refractivity contribution in [2.24, 2.45) is 4.40 Å². The number of ether oxygens (including phenoxy) is 5. The molecule has 0 aliphatic rings. The number of para-hydroxylation sites is 2. The van der Waals surface area contributed by atoms with Crippen LogP contribution in [0.4, 0.5) is 5.69 Å². The van der Waals surface area contributed by atoms with Gasteiger partial charge in [0.25, 0.3) is 5.91 Å². The first-order valence-electron chi connectivity index (χ1n) is 9.85. The number of hydrogen-bond acceptors (Lipinski definition) is 9. The molecule has 0 bridgehead atoms. The van der Waals surface area contributed by atoms with Crippen LogP contribution < -0.4 is 23.3 Å². The normalized spacial score (nSPS) is 11.1. The van der Waals surface area contributed by atoms with E-state index >= 15 is 0 Å². The zero-order valence-electron chi connectivity index (χ0n) is 19.4. The minimum Gasteiger partial charge on any atom is -0.496 e. The minimum atomic E-state index is -4.60. The zero-order valence-corrected chi connectivity index (χ0v) is 20.2. The van der Waals surface area contributed by atoms with E-state index in [4.69, 9.17) is 23.7 Å². The molecule has 1 amide bonds. The first-order chi connectivity index (χ1) is 16.2. The van der Waals surface area contributed by atoms with Gasteiger partial charge in [0.15, 0.2) is 6.61 Å². The maximum absolute atomic E-state index is 13.1. The highest BCUT2D eigenvalue weighted by Crippen LogP contribution is 2.34. The minimum absolute atomic E-state index is 0.00648. The number of amides is 1. The monoisotopic (exact) mass is 494 g/mol. The molecule has 34 heavy (non-hydrogen) atoms. The zero-order chi connectivity index (χ0) is 25.3. The molecule has 2 aromatic rings. The summed E-state index contributed by atoms with van der Waals surface area (Å²) in [5, 5.41) is 0. The summed E-state index contributed by atoms with van der Waals surface area (Å²) in [6.45, 7) is 0.297. The lowest BCUT2D eigenvalue weighted by Gasteiger charge is -2.21. The van der Waals surface area contributed by atoms with Crippen LogP contribution in [-0.4, -0.2) is 61.6 Å². The fourth-order valence-corrected chi connectivity index (χ4v) is 4.02. The van der Waals surface area contributed by atoms with E-state index in [0.29, 0.717) is 27.1 Å². The van der Waals surface area contributed by atoms with Gasteiger partial charge in [0.2, 0.25) is 0 Å². The van der Waals surface area contributed by atoms with E-state index in [2.05, 4.69) is 4.40 Å². The van der Waals surface area contributed by atoms with E-state index < -0.39 is 28.7 Å². The molecule has 0 unspecified atom stereocenters. The van der Waals surface area contributed by atoms with Gasteiger partial charge in [-0.15, -0.1) is 0 Å². The second-order valence-electron chi connectivity index (χ2n) is 6.59. The van der Waals surface area contributed by atoms with E-state index in [-0.39, 0.29) is 17.9 Å². The Morgan fingerprint density at radius 2 is 1.53 bits per heavy atom. The van der Waals surface area contributed by atoms with Crippen molar-refractivity contribution in [1.82, 2.24) is 0 Å². The van der Waals surface area contributed by atoms with Gasteiger partial charge < -0.3 is 23.7 Å². The number of rotatable bonds is 11. The molecule has 0 saturated heterocycles. The summed E-state index contributed by atoms with van der Waals surface area (Å²) in [6.07, 6.45) is 1.09. The lowest BCUT2D eigenvalue weighted by molar-refractivity contribution is -0.145. The first-order valence-corrected chi connectivity index (χ1v) is 11.2. The van der Waals surface area contributed by atoms with Crippen molar-refractivity contribution in [3.05, 3.63) is 42.0 Å². The van der Waals surface area contributed by atoms with Crippen LogP contribution in [0.25, 0.3) is 0 Å². The summed E-state index contributed by atoms with van der Waals surface area (Å²) in [5.74, 6) is -0.388. The molecular formula is C22H26N2O9S. The quantitative estimate of drug-likeness (QED) is 0.341. The molecule has 0 N–H and O–H groups in total. The number of carbonyl (C=O) groups excluding carboxylic acids is 2. The summed E-state index contributed by atoms with van der Waals surface area (Å²) < 4.78 is 56.1. The molecule has 0 aliphatic carbocycles. The van der Waals surface area contributed by atoms with Crippen LogP contribution in [0.2, 0.25) is 0 Å². The third-order valence-corrected chi connectivity index (χ3v) is 5.76.